The first kappa shape index (κ1) is 28.7. The van der Waals surface area contributed by atoms with Crippen molar-refractivity contribution in [2.24, 2.45) is 39.7 Å². The number of aliphatic hydroxyl groups is 2. The van der Waals surface area contributed by atoms with Crippen LogP contribution in [0.4, 0.5) is 0 Å². The molecule has 0 aromatic rings. The molecule has 4 rings (SSSR count). The Labute approximate surface area is 221 Å². The van der Waals surface area contributed by atoms with Crippen LogP contribution in [0.25, 0.3) is 0 Å². The predicted octanol–water partition coefficient (Wildman–Crippen LogP) is 5.81. The second-order valence-corrected chi connectivity index (χ2v) is 23.8. The molecule has 4 fully saturated rings. The lowest BCUT2D eigenvalue weighted by Crippen LogP contribution is -2.65. The number of rotatable bonds is 7. The largest absolute Gasteiger partial charge is 0.412 e. The standard InChI is InChI=1S/C28H53NO5Si2/c1-26-14-12-20(30)16-19(26)10-11-21-22-13-15-28(34-36(7,8)9,27(22,2)17-23(31)25(21)26)24(29-32-3)18-33-35(4,5)6/h19-23,25,30-31H,10-18H2,1-9H3/b29-24-/t19-,20-,21+,22+,23+,25-,26+,27+,28+/m1/s1. The van der Waals surface area contributed by atoms with Crippen molar-refractivity contribution in [2.75, 3.05) is 13.7 Å². The van der Waals surface area contributed by atoms with Crippen LogP contribution in [0, 0.1) is 34.5 Å². The van der Waals surface area contributed by atoms with E-state index in [9.17, 15) is 10.2 Å². The molecule has 0 aromatic heterocycles. The molecule has 9 atom stereocenters. The van der Waals surface area contributed by atoms with Crippen LogP contribution in [0.1, 0.15) is 65.2 Å². The number of oxime groups is 1. The molecule has 0 aromatic carbocycles. The van der Waals surface area contributed by atoms with Crippen molar-refractivity contribution in [1.82, 2.24) is 0 Å². The van der Waals surface area contributed by atoms with Crippen molar-refractivity contribution in [3.8, 4) is 0 Å². The highest BCUT2D eigenvalue weighted by Crippen LogP contribution is 2.69. The zero-order chi connectivity index (χ0) is 26.7. The summed E-state index contributed by atoms with van der Waals surface area (Å²) in [6.07, 6.45) is 7.27. The van der Waals surface area contributed by atoms with Gasteiger partial charge in [0.2, 0.25) is 0 Å². The molecule has 0 saturated heterocycles. The molecular formula is C28H53NO5Si2. The van der Waals surface area contributed by atoms with Crippen molar-refractivity contribution >= 4 is 22.3 Å². The summed E-state index contributed by atoms with van der Waals surface area (Å²) in [5, 5.41) is 27.0. The van der Waals surface area contributed by atoms with Crippen molar-refractivity contribution < 1.29 is 23.9 Å². The fraction of sp³-hybridized carbons (Fsp3) is 0.964. The number of fused-ring (bicyclic) bond motifs is 5. The van der Waals surface area contributed by atoms with Gasteiger partial charge in [-0.15, -0.1) is 0 Å². The van der Waals surface area contributed by atoms with Gasteiger partial charge in [-0.05, 0) is 120 Å². The lowest BCUT2D eigenvalue weighted by molar-refractivity contribution is -0.188. The number of hydrogen-bond donors (Lipinski definition) is 2. The maximum Gasteiger partial charge on any atom is 0.185 e. The van der Waals surface area contributed by atoms with E-state index in [1.54, 1.807) is 7.11 Å². The van der Waals surface area contributed by atoms with Crippen molar-refractivity contribution in [2.45, 2.75) is 122 Å². The minimum Gasteiger partial charge on any atom is -0.412 e. The van der Waals surface area contributed by atoms with E-state index in [4.69, 9.17) is 13.7 Å². The third kappa shape index (κ3) is 4.92. The molecule has 2 N–H and O–H groups in total. The summed E-state index contributed by atoms with van der Waals surface area (Å²) in [5.41, 5.74) is 0.180. The molecule has 6 nitrogen and oxygen atoms in total. The van der Waals surface area contributed by atoms with Crippen molar-refractivity contribution in [1.29, 1.82) is 0 Å². The van der Waals surface area contributed by atoms with E-state index in [1.807, 2.05) is 0 Å². The molecule has 0 aliphatic heterocycles. The van der Waals surface area contributed by atoms with Crippen LogP contribution < -0.4 is 0 Å². The molecular weight excluding hydrogens is 486 g/mol. The first-order chi connectivity index (χ1) is 16.6. The van der Waals surface area contributed by atoms with Crippen molar-refractivity contribution in [3.05, 3.63) is 0 Å². The summed E-state index contributed by atoms with van der Waals surface area (Å²) < 4.78 is 13.7. The van der Waals surface area contributed by atoms with E-state index in [0.29, 0.717) is 30.3 Å². The van der Waals surface area contributed by atoms with Gasteiger partial charge in [0.25, 0.3) is 0 Å². The maximum absolute atomic E-state index is 12.0. The van der Waals surface area contributed by atoms with E-state index in [-0.39, 0.29) is 23.0 Å². The van der Waals surface area contributed by atoms with Gasteiger partial charge in [0.05, 0.1) is 18.8 Å². The van der Waals surface area contributed by atoms with Crippen LogP contribution in [0.3, 0.4) is 0 Å². The summed E-state index contributed by atoms with van der Waals surface area (Å²) in [4.78, 5) is 5.45. The summed E-state index contributed by atoms with van der Waals surface area (Å²) in [5.74, 6) is 1.76. The van der Waals surface area contributed by atoms with Crippen LogP contribution in [-0.4, -0.2) is 64.1 Å². The van der Waals surface area contributed by atoms with E-state index < -0.39 is 22.2 Å². The molecule has 36 heavy (non-hydrogen) atoms. The summed E-state index contributed by atoms with van der Waals surface area (Å²) in [7, 11) is -2.16. The molecule has 8 heteroatoms. The average molecular weight is 540 g/mol. The fourth-order valence-electron chi connectivity index (χ4n) is 9.18. The Kier molecular flexibility index (Phi) is 7.77. The number of hydrogen-bond acceptors (Lipinski definition) is 6. The van der Waals surface area contributed by atoms with Gasteiger partial charge in [-0.2, -0.15) is 0 Å². The van der Waals surface area contributed by atoms with Crippen LogP contribution in [0.5, 0.6) is 0 Å². The molecule has 0 spiro atoms. The third-order valence-corrected chi connectivity index (χ3v) is 12.5. The molecule has 0 heterocycles. The normalized spacial score (nSPS) is 45.6. The van der Waals surface area contributed by atoms with Gasteiger partial charge in [0, 0.05) is 5.41 Å². The van der Waals surface area contributed by atoms with Crippen LogP contribution in [-0.2, 0) is 13.7 Å². The Balaban J connectivity index is 1.74. The van der Waals surface area contributed by atoms with Crippen LogP contribution in [0.2, 0.25) is 39.3 Å². The minimum atomic E-state index is -1.99. The van der Waals surface area contributed by atoms with Gasteiger partial charge < -0.3 is 23.9 Å². The second-order valence-electron chi connectivity index (χ2n) is 14.9. The fourth-order valence-corrected chi connectivity index (χ4v) is 11.3. The average Bonchev–Trinajstić information content (AvgIpc) is 3.01. The van der Waals surface area contributed by atoms with E-state index in [0.717, 1.165) is 57.1 Å². The highest BCUT2D eigenvalue weighted by atomic mass is 28.4. The van der Waals surface area contributed by atoms with Gasteiger partial charge in [-0.25, -0.2) is 0 Å². The minimum absolute atomic E-state index is 0.109. The van der Waals surface area contributed by atoms with E-state index in [2.05, 4.69) is 58.3 Å². The van der Waals surface area contributed by atoms with Crippen LogP contribution in [0.15, 0.2) is 5.16 Å². The highest BCUT2D eigenvalue weighted by Gasteiger charge is 2.69. The summed E-state index contributed by atoms with van der Waals surface area (Å²) in [6, 6.07) is 0. The van der Waals surface area contributed by atoms with Gasteiger partial charge in [-0.1, -0.05) is 19.0 Å². The molecule has 0 unspecified atom stereocenters. The Morgan fingerprint density at radius 3 is 2.25 bits per heavy atom. The predicted molar refractivity (Wildman–Crippen MR) is 150 cm³/mol. The first-order valence-electron chi connectivity index (χ1n) is 14.4. The zero-order valence-electron chi connectivity index (χ0n) is 24.4. The maximum atomic E-state index is 12.0. The highest BCUT2D eigenvalue weighted by molar-refractivity contribution is 6.70. The molecule has 0 amide bonds. The Hall–Kier alpha value is -0.256. The van der Waals surface area contributed by atoms with Gasteiger partial charge >= 0.3 is 0 Å². The van der Waals surface area contributed by atoms with Gasteiger partial charge in [0.1, 0.15) is 18.4 Å². The Bertz CT molecular complexity index is 841. The van der Waals surface area contributed by atoms with E-state index in [1.165, 1.54) is 0 Å². The number of nitrogens with zero attached hydrogens (tertiary/aromatic N) is 1. The second kappa shape index (κ2) is 9.74. The smallest absolute Gasteiger partial charge is 0.185 e. The first-order valence-corrected chi connectivity index (χ1v) is 21.2. The SMILES string of the molecule is CO/N=C(/CO[Si](C)(C)C)[C@@]1(O[Si](C)(C)C)CC[C@H]2[C@@H]3CC[C@@H]4C[C@H](O)CC[C@]4(C)[C@H]3[C@@H](O)C[C@@]21C. The van der Waals surface area contributed by atoms with Crippen molar-refractivity contribution in [3.63, 3.8) is 0 Å². The lowest BCUT2D eigenvalue weighted by Gasteiger charge is -2.63. The van der Waals surface area contributed by atoms with Crippen LogP contribution >= 0.6 is 0 Å². The molecule has 0 radical (unpaired) electrons. The molecule has 4 aliphatic carbocycles. The monoisotopic (exact) mass is 539 g/mol. The zero-order valence-corrected chi connectivity index (χ0v) is 26.4. The topological polar surface area (TPSA) is 80.5 Å². The molecule has 208 valence electrons. The molecule has 4 aliphatic rings. The number of aliphatic hydroxyl groups excluding tert-OH is 2. The van der Waals surface area contributed by atoms with Gasteiger partial charge in [-0.3, -0.25) is 0 Å². The van der Waals surface area contributed by atoms with Gasteiger partial charge in [0.15, 0.2) is 16.6 Å². The quantitative estimate of drug-likeness (QED) is 0.243. The van der Waals surface area contributed by atoms with E-state index >= 15 is 0 Å². The Morgan fingerprint density at radius 2 is 1.64 bits per heavy atom. The Morgan fingerprint density at radius 1 is 0.944 bits per heavy atom. The molecule has 4 saturated carbocycles. The third-order valence-electron chi connectivity index (χ3n) is 10.5. The summed E-state index contributed by atoms with van der Waals surface area (Å²) in [6.45, 7) is 18.6. The molecule has 0 bridgehead atoms. The summed E-state index contributed by atoms with van der Waals surface area (Å²) >= 11 is 0. The lowest BCUT2D eigenvalue weighted by atomic mass is 9.43.